The second kappa shape index (κ2) is 8.15. The van der Waals surface area contributed by atoms with Gasteiger partial charge in [0.25, 0.3) is 0 Å². The molecule has 2 aromatic carbocycles. The Bertz CT molecular complexity index is 799. The number of benzene rings is 2. The molecule has 1 heterocycles. The molecule has 5 nitrogen and oxygen atoms in total. The number of nitrogens with zero attached hydrogens (tertiary/aromatic N) is 3. The van der Waals surface area contributed by atoms with Crippen molar-refractivity contribution >= 4 is 11.6 Å². The molecule has 3 rings (SSSR count). The van der Waals surface area contributed by atoms with Gasteiger partial charge in [0.1, 0.15) is 0 Å². The number of anilines is 1. The molecule has 25 heavy (non-hydrogen) atoms. The number of hydrogen-bond donors (Lipinski definition) is 1. The van der Waals surface area contributed by atoms with E-state index in [-0.39, 0.29) is 5.91 Å². The number of rotatable bonds is 7. The summed E-state index contributed by atoms with van der Waals surface area (Å²) in [5.41, 5.74) is 6.19. The SMILES string of the molecule is Cn1cc(CCC(=O)NN(Cc2ccccc2)c2ccccc2)cn1. The Hall–Kier alpha value is -3.08. The molecule has 0 spiro atoms. The number of carbonyl (C=O) groups excluding carboxylic acids is 1. The third-order valence-electron chi connectivity index (χ3n) is 3.91. The van der Waals surface area contributed by atoms with Gasteiger partial charge in [0.2, 0.25) is 5.91 Å². The third-order valence-corrected chi connectivity index (χ3v) is 3.91. The number of aryl methyl sites for hydroxylation is 2. The highest BCUT2D eigenvalue weighted by molar-refractivity contribution is 5.78. The van der Waals surface area contributed by atoms with Crippen molar-refractivity contribution in [2.75, 3.05) is 5.01 Å². The Balaban J connectivity index is 1.65. The van der Waals surface area contributed by atoms with E-state index >= 15 is 0 Å². The third kappa shape index (κ3) is 4.94. The summed E-state index contributed by atoms with van der Waals surface area (Å²) in [6, 6.07) is 20.0. The molecule has 0 atom stereocenters. The lowest BCUT2D eigenvalue weighted by molar-refractivity contribution is -0.121. The van der Waals surface area contributed by atoms with Crippen LogP contribution in [0.5, 0.6) is 0 Å². The van der Waals surface area contributed by atoms with Crippen LogP contribution in [-0.4, -0.2) is 15.7 Å². The molecule has 0 unspecified atom stereocenters. The van der Waals surface area contributed by atoms with Crippen LogP contribution in [-0.2, 0) is 24.8 Å². The Morgan fingerprint density at radius 3 is 2.36 bits per heavy atom. The number of para-hydroxylation sites is 1. The Kier molecular flexibility index (Phi) is 5.46. The van der Waals surface area contributed by atoms with Crippen molar-refractivity contribution in [3.05, 3.63) is 84.2 Å². The number of hydrazine groups is 1. The minimum atomic E-state index is -0.0105. The Morgan fingerprint density at radius 1 is 1.04 bits per heavy atom. The Labute approximate surface area is 147 Å². The summed E-state index contributed by atoms with van der Waals surface area (Å²) in [6.07, 6.45) is 4.83. The van der Waals surface area contributed by atoms with Gasteiger partial charge in [0.05, 0.1) is 18.4 Å². The van der Waals surface area contributed by atoms with Crippen LogP contribution < -0.4 is 10.4 Å². The van der Waals surface area contributed by atoms with E-state index in [9.17, 15) is 4.79 Å². The zero-order valence-electron chi connectivity index (χ0n) is 14.3. The average Bonchev–Trinajstić information content (AvgIpc) is 3.06. The topological polar surface area (TPSA) is 50.2 Å². The van der Waals surface area contributed by atoms with Gasteiger partial charge < -0.3 is 0 Å². The van der Waals surface area contributed by atoms with Gasteiger partial charge in [-0.05, 0) is 29.7 Å². The molecule has 0 bridgehead atoms. The number of hydrogen-bond acceptors (Lipinski definition) is 3. The van der Waals surface area contributed by atoms with E-state index in [1.807, 2.05) is 66.8 Å². The van der Waals surface area contributed by atoms with Gasteiger partial charge >= 0.3 is 0 Å². The lowest BCUT2D eigenvalue weighted by atomic mass is 10.2. The van der Waals surface area contributed by atoms with E-state index in [0.29, 0.717) is 19.4 Å². The van der Waals surface area contributed by atoms with Crippen molar-refractivity contribution in [2.45, 2.75) is 19.4 Å². The summed E-state index contributed by atoms with van der Waals surface area (Å²) in [5, 5.41) is 6.02. The van der Waals surface area contributed by atoms with Gasteiger partial charge in [-0.1, -0.05) is 48.5 Å². The zero-order valence-corrected chi connectivity index (χ0v) is 14.3. The molecule has 0 aliphatic carbocycles. The summed E-state index contributed by atoms with van der Waals surface area (Å²) < 4.78 is 1.75. The molecule has 0 saturated heterocycles. The van der Waals surface area contributed by atoms with E-state index in [1.165, 1.54) is 0 Å². The maximum atomic E-state index is 12.4. The highest BCUT2D eigenvalue weighted by atomic mass is 16.2. The van der Waals surface area contributed by atoms with Crippen molar-refractivity contribution in [3.8, 4) is 0 Å². The molecular formula is C20H22N4O. The molecule has 0 aliphatic rings. The molecule has 128 valence electrons. The fourth-order valence-electron chi connectivity index (χ4n) is 2.63. The molecule has 5 heteroatoms. The predicted octanol–water partition coefficient (Wildman–Crippen LogP) is 3.09. The van der Waals surface area contributed by atoms with E-state index in [1.54, 1.807) is 10.9 Å². The number of amides is 1. The van der Waals surface area contributed by atoms with Crippen molar-refractivity contribution in [3.63, 3.8) is 0 Å². The van der Waals surface area contributed by atoms with Gasteiger partial charge in [-0.25, -0.2) is 0 Å². The van der Waals surface area contributed by atoms with Gasteiger partial charge in [-0.2, -0.15) is 5.10 Å². The first kappa shape index (κ1) is 16.8. The van der Waals surface area contributed by atoms with Crippen molar-refractivity contribution in [1.82, 2.24) is 15.2 Å². The van der Waals surface area contributed by atoms with Gasteiger partial charge in [0.15, 0.2) is 0 Å². The van der Waals surface area contributed by atoms with Crippen molar-refractivity contribution in [2.24, 2.45) is 7.05 Å². The first-order valence-corrected chi connectivity index (χ1v) is 8.34. The minimum Gasteiger partial charge on any atom is -0.281 e. The van der Waals surface area contributed by atoms with E-state index in [2.05, 4.69) is 22.7 Å². The van der Waals surface area contributed by atoms with E-state index in [0.717, 1.165) is 16.8 Å². The largest absolute Gasteiger partial charge is 0.281 e. The monoisotopic (exact) mass is 334 g/mol. The lowest BCUT2D eigenvalue weighted by Crippen LogP contribution is -2.42. The fourth-order valence-corrected chi connectivity index (χ4v) is 2.63. The quantitative estimate of drug-likeness (QED) is 0.676. The second-order valence-corrected chi connectivity index (χ2v) is 5.96. The normalized spacial score (nSPS) is 10.4. The van der Waals surface area contributed by atoms with Crippen LogP contribution in [0.1, 0.15) is 17.5 Å². The maximum absolute atomic E-state index is 12.4. The van der Waals surface area contributed by atoms with E-state index < -0.39 is 0 Å². The molecule has 0 radical (unpaired) electrons. The summed E-state index contributed by atoms with van der Waals surface area (Å²) in [4.78, 5) is 12.4. The summed E-state index contributed by atoms with van der Waals surface area (Å²) in [5.74, 6) is -0.0105. The minimum absolute atomic E-state index is 0.0105. The van der Waals surface area contributed by atoms with Gasteiger partial charge in [0, 0.05) is 19.7 Å². The number of aromatic nitrogens is 2. The number of nitrogens with one attached hydrogen (secondary N) is 1. The molecule has 0 fully saturated rings. The molecule has 1 N–H and O–H groups in total. The van der Waals surface area contributed by atoms with Crippen LogP contribution in [0.2, 0.25) is 0 Å². The molecule has 0 saturated carbocycles. The summed E-state index contributed by atoms with van der Waals surface area (Å²) in [7, 11) is 1.88. The lowest BCUT2D eigenvalue weighted by Gasteiger charge is -2.25. The molecule has 0 aliphatic heterocycles. The van der Waals surface area contributed by atoms with Gasteiger partial charge in [-0.15, -0.1) is 0 Å². The molecular weight excluding hydrogens is 312 g/mol. The predicted molar refractivity (Wildman–Crippen MR) is 98.7 cm³/mol. The fraction of sp³-hybridized carbons (Fsp3) is 0.200. The summed E-state index contributed by atoms with van der Waals surface area (Å²) >= 11 is 0. The van der Waals surface area contributed by atoms with Crippen LogP contribution >= 0.6 is 0 Å². The van der Waals surface area contributed by atoms with E-state index in [4.69, 9.17) is 0 Å². The van der Waals surface area contributed by atoms with Crippen molar-refractivity contribution < 1.29 is 4.79 Å². The van der Waals surface area contributed by atoms with Crippen LogP contribution in [0.25, 0.3) is 0 Å². The maximum Gasteiger partial charge on any atom is 0.238 e. The first-order chi connectivity index (χ1) is 12.2. The second-order valence-electron chi connectivity index (χ2n) is 5.96. The van der Waals surface area contributed by atoms with Crippen LogP contribution in [0.15, 0.2) is 73.1 Å². The molecule has 3 aromatic rings. The van der Waals surface area contributed by atoms with Crippen LogP contribution in [0.3, 0.4) is 0 Å². The molecule has 1 amide bonds. The van der Waals surface area contributed by atoms with Gasteiger partial charge in [-0.3, -0.25) is 19.9 Å². The zero-order chi connectivity index (χ0) is 17.5. The summed E-state index contributed by atoms with van der Waals surface area (Å²) in [6.45, 7) is 0.615. The highest BCUT2D eigenvalue weighted by Gasteiger charge is 2.11. The highest BCUT2D eigenvalue weighted by Crippen LogP contribution is 2.15. The molecule has 1 aromatic heterocycles. The smallest absolute Gasteiger partial charge is 0.238 e. The first-order valence-electron chi connectivity index (χ1n) is 8.34. The number of carbonyl (C=O) groups is 1. The van der Waals surface area contributed by atoms with Crippen LogP contribution in [0.4, 0.5) is 5.69 Å². The standard InChI is InChI=1S/C20H22N4O/c1-23-15-18(14-21-23)12-13-20(25)22-24(19-10-6-3-7-11-19)16-17-8-4-2-5-9-17/h2-11,14-15H,12-13,16H2,1H3,(H,22,25). The van der Waals surface area contributed by atoms with Crippen molar-refractivity contribution in [1.29, 1.82) is 0 Å². The van der Waals surface area contributed by atoms with Crippen LogP contribution in [0, 0.1) is 0 Å². The average molecular weight is 334 g/mol. The Morgan fingerprint density at radius 2 is 1.72 bits per heavy atom.